The SMILES string of the molecule is CC12C=CC=CC1c1cc3ccccc3cc1N2c1nc2sc3ccccc3c2nc1-c1cccc2ccccc12. The summed E-state index contributed by atoms with van der Waals surface area (Å²) in [5.74, 6) is 1.11. The van der Waals surface area contributed by atoms with Crippen molar-refractivity contribution >= 4 is 64.8 Å². The van der Waals surface area contributed by atoms with Crippen LogP contribution in [0.15, 0.2) is 127 Å². The van der Waals surface area contributed by atoms with Crippen molar-refractivity contribution in [1.82, 2.24) is 9.97 Å². The van der Waals surface area contributed by atoms with E-state index in [1.807, 2.05) is 0 Å². The van der Waals surface area contributed by atoms with Crippen molar-refractivity contribution in [2.45, 2.75) is 18.4 Å². The van der Waals surface area contributed by atoms with E-state index in [2.05, 4.69) is 139 Å². The number of hydrogen-bond donors (Lipinski definition) is 0. The molecular formula is C37H25N3S. The van der Waals surface area contributed by atoms with Gasteiger partial charge in [0.05, 0.1) is 5.54 Å². The summed E-state index contributed by atoms with van der Waals surface area (Å²) in [7, 11) is 0. The van der Waals surface area contributed by atoms with Crippen LogP contribution in [0.4, 0.5) is 11.5 Å². The topological polar surface area (TPSA) is 29.0 Å². The summed E-state index contributed by atoms with van der Waals surface area (Å²) in [6.07, 6.45) is 9.04. The molecule has 41 heavy (non-hydrogen) atoms. The molecule has 0 spiro atoms. The molecule has 1 aliphatic carbocycles. The average molecular weight is 544 g/mol. The van der Waals surface area contributed by atoms with Crippen LogP contribution in [0, 0.1) is 0 Å². The molecule has 0 fully saturated rings. The molecule has 0 saturated carbocycles. The Labute approximate surface area is 241 Å². The van der Waals surface area contributed by atoms with E-state index in [0.717, 1.165) is 32.8 Å². The Balaban J connectivity index is 1.42. The predicted octanol–water partition coefficient (Wildman–Crippen LogP) is 9.94. The quantitative estimate of drug-likeness (QED) is 0.217. The molecule has 1 aliphatic heterocycles. The fourth-order valence-corrected chi connectivity index (χ4v) is 7.94. The van der Waals surface area contributed by atoms with Gasteiger partial charge >= 0.3 is 0 Å². The molecule has 4 heteroatoms. The zero-order chi connectivity index (χ0) is 27.1. The fraction of sp³-hybridized carbons (Fsp3) is 0.0811. The van der Waals surface area contributed by atoms with Crippen molar-refractivity contribution in [1.29, 1.82) is 0 Å². The molecule has 194 valence electrons. The number of hydrogen-bond acceptors (Lipinski definition) is 4. The first-order valence-corrected chi connectivity index (χ1v) is 14.9. The summed E-state index contributed by atoms with van der Waals surface area (Å²) >= 11 is 1.72. The highest BCUT2D eigenvalue weighted by Gasteiger charge is 2.48. The van der Waals surface area contributed by atoms with E-state index in [0.29, 0.717) is 0 Å². The highest BCUT2D eigenvalue weighted by atomic mass is 32.1. The van der Waals surface area contributed by atoms with Gasteiger partial charge in [0, 0.05) is 27.3 Å². The highest BCUT2D eigenvalue weighted by Crippen LogP contribution is 2.56. The minimum Gasteiger partial charge on any atom is -0.314 e. The summed E-state index contributed by atoms with van der Waals surface area (Å²) in [4.78, 5) is 14.4. The molecule has 3 heterocycles. The van der Waals surface area contributed by atoms with Crippen LogP contribution in [-0.2, 0) is 0 Å². The van der Waals surface area contributed by atoms with Crippen molar-refractivity contribution in [3.63, 3.8) is 0 Å². The minimum absolute atomic E-state index is 0.201. The standard InChI is InChI=1S/C37H25N3S/c1-37-20-9-8-18-30(37)29-21-24-12-2-3-13-25(24)22-31(29)40(37)35-33(27-17-10-14-23-11-4-5-15-26(23)27)38-34-28-16-6-7-19-32(28)41-36(34)39-35/h2-22,30H,1H3. The highest BCUT2D eigenvalue weighted by molar-refractivity contribution is 7.25. The Morgan fingerprint density at radius 1 is 0.732 bits per heavy atom. The van der Waals surface area contributed by atoms with Gasteiger partial charge in [0.2, 0.25) is 0 Å². The summed E-state index contributed by atoms with van der Waals surface area (Å²) in [5.41, 5.74) is 5.19. The number of nitrogens with zero attached hydrogens (tertiary/aromatic N) is 3. The molecule has 5 aromatic carbocycles. The zero-order valence-electron chi connectivity index (χ0n) is 22.5. The number of allylic oxidation sites excluding steroid dienone is 2. The lowest BCUT2D eigenvalue weighted by atomic mass is 9.80. The smallest absolute Gasteiger partial charge is 0.162 e. The monoisotopic (exact) mass is 543 g/mol. The maximum Gasteiger partial charge on any atom is 0.162 e. The van der Waals surface area contributed by atoms with Crippen LogP contribution < -0.4 is 4.90 Å². The predicted molar refractivity (Wildman–Crippen MR) is 173 cm³/mol. The van der Waals surface area contributed by atoms with Gasteiger partial charge in [-0.3, -0.25) is 0 Å². The third-order valence-electron chi connectivity index (χ3n) is 8.88. The van der Waals surface area contributed by atoms with Gasteiger partial charge in [-0.25, -0.2) is 9.97 Å². The normalized spacial score (nSPS) is 19.4. The van der Waals surface area contributed by atoms with E-state index in [9.17, 15) is 0 Å². The van der Waals surface area contributed by atoms with Crippen molar-refractivity contribution in [3.8, 4) is 11.3 Å². The van der Waals surface area contributed by atoms with Gasteiger partial charge in [-0.15, -0.1) is 11.3 Å². The summed E-state index contributed by atoms with van der Waals surface area (Å²) < 4.78 is 1.21. The Kier molecular flexibility index (Phi) is 4.68. The molecule has 0 saturated heterocycles. The molecule has 3 nitrogen and oxygen atoms in total. The zero-order valence-corrected chi connectivity index (χ0v) is 23.3. The summed E-state index contributed by atoms with van der Waals surface area (Å²) in [5, 5.41) is 6.03. The minimum atomic E-state index is -0.327. The molecule has 9 rings (SSSR count). The molecule has 0 amide bonds. The van der Waals surface area contributed by atoms with E-state index < -0.39 is 0 Å². The molecule has 2 aromatic heterocycles. The number of benzene rings is 5. The lowest BCUT2D eigenvalue weighted by molar-refractivity contribution is 0.539. The Morgan fingerprint density at radius 3 is 2.34 bits per heavy atom. The second-order valence-electron chi connectivity index (χ2n) is 11.2. The van der Waals surface area contributed by atoms with Gasteiger partial charge in [-0.2, -0.15) is 0 Å². The lowest BCUT2D eigenvalue weighted by Gasteiger charge is -2.39. The van der Waals surface area contributed by atoms with Gasteiger partial charge in [-0.05, 0) is 52.2 Å². The fourth-order valence-electron chi connectivity index (χ4n) is 6.93. The van der Waals surface area contributed by atoms with Gasteiger partial charge in [0.15, 0.2) is 5.82 Å². The van der Waals surface area contributed by atoms with Crippen LogP contribution >= 0.6 is 11.3 Å². The van der Waals surface area contributed by atoms with Crippen LogP contribution in [-0.4, -0.2) is 15.5 Å². The summed E-state index contributed by atoms with van der Waals surface area (Å²) in [6, 6.07) is 37.0. The van der Waals surface area contributed by atoms with Crippen molar-refractivity contribution < 1.29 is 0 Å². The molecule has 0 radical (unpaired) electrons. The van der Waals surface area contributed by atoms with E-state index in [-0.39, 0.29) is 11.5 Å². The first-order chi connectivity index (χ1) is 20.2. The van der Waals surface area contributed by atoms with Gasteiger partial charge < -0.3 is 4.90 Å². The van der Waals surface area contributed by atoms with Crippen LogP contribution in [0.3, 0.4) is 0 Å². The molecular weight excluding hydrogens is 518 g/mol. The molecule has 2 atom stereocenters. The van der Waals surface area contributed by atoms with Gasteiger partial charge in [0.25, 0.3) is 0 Å². The van der Waals surface area contributed by atoms with Gasteiger partial charge in [0.1, 0.15) is 16.0 Å². The molecule has 2 aliphatic rings. The van der Waals surface area contributed by atoms with Gasteiger partial charge in [-0.1, -0.05) is 109 Å². The van der Waals surface area contributed by atoms with Crippen molar-refractivity contribution in [2.24, 2.45) is 0 Å². The first kappa shape index (κ1) is 23.0. The van der Waals surface area contributed by atoms with Crippen LogP contribution in [0.5, 0.6) is 0 Å². The number of aromatic nitrogens is 2. The maximum atomic E-state index is 5.52. The number of thiophene rings is 1. The molecule has 0 bridgehead atoms. The van der Waals surface area contributed by atoms with Crippen LogP contribution in [0.2, 0.25) is 0 Å². The molecule has 7 aromatic rings. The van der Waals surface area contributed by atoms with Crippen molar-refractivity contribution in [3.05, 3.63) is 133 Å². The average Bonchev–Trinajstić information content (AvgIpc) is 3.50. The van der Waals surface area contributed by atoms with E-state index in [4.69, 9.17) is 9.97 Å². The second-order valence-corrected chi connectivity index (χ2v) is 12.2. The number of fused-ring (bicyclic) bond motifs is 8. The largest absolute Gasteiger partial charge is 0.314 e. The van der Waals surface area contributed by atoms with Crippen molar-refractivity contribution in [2.75, 3.05) is 4.90 Å². The molecule has 0 N–H and O–H groups in total. The number of anilines is 2. The van der Waals surface area contributed by atoms with Crippen LogP contribution in [0.1, 0.15) is 18.4 Å². The van der Waals surface area contributed by atoms with Crippen LogP contribution in [0.25, 0.3) is 53.2 Å². The van der Waals surface area contributed by atoms with E-state index in [1.165, 1.54) is 37.5 Å². The molecule has 2 unspecified atom stereocenters. The third kappa shape index (κ3) is 3.19. The lowest BCUT2D eigenvalue weighted by Crippen LogP contribution is -2.42. The second kappa shape index (κ2) is 8.35. The Morgan fingerprint density at radius 2 is 1.46 bits per heavy atom. The van der Waals surface area contributed by atoms with E-state index in [1.54, 1.807) is 11.3 Å². The van der Waals surface area contributed by atoms with E-state index >= 15 is 0 Å². The third-order valence-corrected chi connectivity index (χ3v) is 9.94. The maximum absolute atomic E-state index is 5.52. The number of rotatable bonds is 2. The Bertz CT molecular complexity index is 2250. The Hall–Kier alpha value is -4.80. The summed E-state index contributed by atoms with van der Waals surface area (Å²) in [6.45, 7) is 2.34. The first-order valence-electron chi connectivity index (χ1n) is 14.1.